The van der Waals surface area contributed by atoms with E-state index in [0.717, 1.165) is 21.4 Å². The lowest BCUT2D eigenvalue weighted by molar-refractivity contribution is 0.176. The Morgan fingerprint density at radius 2 is 1.95 bits per heavy atom. The number of rotatable bonds is 4. The van der Waals surface area contributed by atoms with Crippen molar-refractivity contribution in [2.75, 3.05) is 5.75 Å². The van der Waals surface area contributed by atoms with E-state index in [1.807, 2.05) is 55.5 Å². The molecule has 4 heteroatoms. The monoisotopic (exact) mass is 318 g/mol. The number of aliphatic hydroxyl groups excluding tert-OH is 1. The zero-order valence-electron chi connectivity index (χ0n) is 11.5. The SMILES string of the molecule is Cc1cccc2cc(C(O)CSc3ccc(Cl)cc3)oc12. The first-order valence-electron chi connectivity index (χ1n) is 6.69. The van der Waals surface area contributed by atoms with E-state index in [1.54, 1.807) is 11.8 Å². The van der Waals surface area contributed by atoms with Crippen LogP contribution in [0, 0.1) is 6.92 Å². The molecule has 0 saturated heterocycles. The molecule has 21 heavy (non-hydrogen) atoms. The number of halogens is 1. The molecule has 0 aliphatic carbocycles. The van der Waals surface area contributed by atoms with Gasteiger partial charge in [0, 0.05) is 21.1 Å². The van der Waals surface area contributed by atoms with Gasteiger partial charge >= 0.3 is 0 Å². The second-order valence-corrected chi connectivity index (χ2v) is 6.45. The van der Waals surface area contributed by atoms with Crippen LogP contribution in [0.2, 0.25) is 5.02 Å². The minimum atomic E-state index is -0.627. The number of aliphatic hydroxyl groups is 1. The summed E-state index contributed by atoms with van der Waals surface area (Å²) in [6.45, 7) is 2.00. The number of hydrogen-bond donors (Lipinski definition) is 1. The Morgan fingerprint density at radius 1 is 1.19 bits per heavy atom. The van der Waals surface area contributed by atoms with Crippen molar-refractivity contribution in [1.29, 1.82) is 0 Å². The Balaban J connectivity index is 1.73. The van der Waals surface area contributed by atoms with Gasteiger partial charge in [0.25, 0.3) is 0 Å². The van der Waals surface area contributed by atoms with Gasteiger partial charge in [0.05, 0.1) is 0 Å². The molecule has 1 aromatic heterocycles. The van der Waals surface area contributed by atoms with Crippen molar-refractivity contribution in [2.24, 2.45) is 0 Å². The average molecular weight is 319 g/mol. The summed E-state index contributed by atoms with van der Waals surface area (Å²) < 4.78 is 5.78. The van der Waals surface area contributed by atoms with E-state index in [-0.39, 0.29) is 0 Å². The van der Waals surface area contributed by atoms with Crippen molar-refractivity contribution in [3.8, 4) is 0 Å². The van der Waals surface area contributed by atoms with Crippen LogP contribution in [-0.4, -0.2) is 10.9 Å². The van der Waals surface area contributed by atoms with Crippen molar-refractivity contribution in [3.63, 3.8) is 0 Å². The second-order valence-electron chi connectivity index (χ2n) is 4.92. The zero-order chi connectivity index (χ0) is 14.8. The molecule has 1 atom stereocenters. The molecule has 2 aromatic carbocycles. The van der Waals surface area contributed by atoms with Crippen LogP contribution in [0.3, 0.4) is 0 Å². The highest BCUT2D eigenvalue weighted by atomic mass is 35.5. The molecule has 1 unspecified atom stereocenters. The maximum Gasteiger partial charge on any atom is 0.137 e. The molecule has 1 heterocycles. The van der Waals surface area contributed by atoms with Gasteiger partial charge in [-0.15, -0.1) is 11.8 Å². The Kier molecular flexibility index (Phi) is 4.24. The first-order chi connectivity index (χ1) is 10.1. The maximum absolute atomic E-state index is 10.3. The van der Waals surface area contributed by atoms with Gasteiger partial charge in [0.1, 0.15) is 17.4 Å². The Labute approximate surface area is 132 Å². The molecule has 0 aliphatic rings. The molecule has 0 saturated carbocycles. The number of benzene rings is 2. The molecule has 0 amide bonds. The molecule has 0 bridgehead atoms. The van der Waals surface area contributed by atoms with Crippen LogP contribution in [0.1, 0.15) is 17.4 Å². The Hall–Kier alpha value is -1.42. The standard InChI is InChI=1S/C17H15ClO2S/c1-11-3-2-4-12-9-16(20-17(11)12)15(19)10-21-14-7-5-13(18)6-8-14/h2-9,15,19H,10H2,1H3. The number of aryl methyl sites for hydroxylation is 1. The van der Waals surface area contributed by atoms with E-state index in [2.05, 4.69) is 0 Å². The van der Waals surface area contributed by atoms with Crippen LogP contribution in [0.15, 0.2) is 57.8 Å². The molecular weight excluding hydrogens is 304 g/mol. The van der Waals surface area contributed by atoms with E-state index in [1.165, 1.54) is 0 Å². The van der Waals surface area contributed by atoms with Gasteiger partial charge in [-0.1, -0.05) is 29.8 Å². The molecule has 1 N–H and O–H groups in total. The summed E-state index contributed by atoms with van der Waals surface area (Å²) >= 11 is 7.43. The van der Waals surface area contributed by atoms with Gasteiger partial charge in [-0.25, -0.2) is 0 Å². The first kappa shape index (κ1) is 14.5. The van der Waals surface area contributed by atoms with Gasteiger partial charge in [0.15, 0.2) is 0 Å². The summed E-state index contributed by atoms with van der Waals surface area (Å²) in [6, 6.07) is 15.5. The molecule has 2 nitrogen and oxygen atoms in total. The van der Waals surface area contributed by atoms with Crippen LogP contribution >= 0.6 is 23.4 Å². The van der Waals surface area contributed by atoms with Gasteiger partial charge < -0.3 is 9.52 Å². The Morgan fingerprint density at radius 3 is 2.67 bits per heavy atom. The van der Waals surface area contributed by atoms with Crippen LogP contribution in [-0.2, 0) is 0 Å². The third kappa shape index (κ3) is 3.26. The number of furan rings is 1. The topological polar surface area (TPSA) is 33.4 Å². The average Bonchev–Trinajstić information content (AvgIpc) is 2.92. The van der Waals surface area contributed by atoms with Gasteiger partial charge in [-0.3, -0.25) is 0 Å². The van der Waals surface area contributed by atoms with Crippen LogP contribution in [0.5, 0.6) is 0 Å². The second kappa shape index (κ2) is 6.14. The van der Waals surface area contributed by atoms with Crippen molar-refractivity contribution < 1.29 is 9.52 Å². The largest absolute Gasteiger partial charge is 0.458 e. The zero-order valence-corrected chi connectivity index (χ0v) is 13.1. The molecule has 3 aromatic rings. The van der Waals surface area contributed by atoms with Crippen molar-refractivity contribution >= 4 is 34.3 Å². The predicted molar refractivity (Wildman–Crippen MR) is 88.1 cm³/mol. The molecule has 0 fully saturated rings. The summed E-state index contributed by atoms with van der Waals surface area (Å²) in [5.41, 5.74) is 1.93. The lowest BCUT2D eigenvalue weighted by Gasteiger charge is -2.07. The summed E-state index contributed by atoms with van der Waals surface area (Å²) in [4.78, 5) is 1.07. The molecule has 0 aliphatic heterocycles. The van der Waals surface area contributed by atoms with E-state index >= 15 is 0 Å². The van der Waals surface area contributed by atoms with E-state index in [4.69, 9.17) is 16.0 Å². The first-order valence-corrected chi connectivity index (χ1v) is 8.05. The van der Waals surface area contributed by atoms with E-state index in [0.29, 0.717) is 16.5 Å². The maximum atomic E-state index is 10.3. The molecule has 108 valence electrons. The van der Waals surface area contributed by atoms with Crippen molar-refractivity contribution in [1.82, 2.24) is 0 Å². The summed E-state index contributed by atoms with van der Waals surface area (Å²) in [5.74, 6) is 1.15. The highest BCUT2D eigenvalue weighted by Gasteiger charge is 2.14. The third-order valence-electron chi connectivity index (χ3n) is 3.31. The highest BCUT2D eigenvalue weighted by molar-refractivity contribution is 7.99. The van der Waals surface area contributed by atoms with E-state index < -0.39 is 6.10 Å². The number of thioether (sulfide) groups is 1. The fraction of sp³-hybridized carbons (Fsp3) is 0.176. The van der Waals surface area contributed by atoms with Crippen LogP contribution < -0.4 is 0 Å². The predicted octanol–water partition coefficient (Wildman–Crippen LogP) is 5.22. The quantitative estimate of drug-likeness (QED) is 0.669. The summed E-state index contributed by atoms with van der Waals surface area (Å²) in [7, 11) is 0. The van der Waals surface area contributed by atoms with Crippen molar-refractivity contribution in [2.45, 2.75) is 17.9 Å². The van der Waals surface area contributed by atoms with Gasteiger partial charge in [0.2, 0.25) is 0 Å². The van der Waals surface area contributed by atoms with Crippen LogP contribution in [0.25, 0.3) is 11.0 Å². The fourth-order valence-corrected chi connectivity index (χ4v) is 3.15. The fourth-order valence-electron chi connectivity index (χ4n) is 2.18. The minimum Gasteiger partial charge on any atom is -0.458 e. The highest BCUT2D eigenvalue weighted by Crippen LogP contribution is 2.30. The smallest absolute Gasteiger partial charge is 0.137 e. The summed E-state index contributed by atoms with van der Waals surface area (Å²) in [5, 5.41) is 12.0. The third-order valence-corrected chi connectivity index (χ3v) is 4.65. The molecular formula is C17H15ClO2S. The number of fused-ring (bicyclic) bond motifs is 1. The number of para-hydroxylation sites is 1. The Bertz CT molecular complexity index is 749. The summed E-state index contributed by atoms with van der Waals surface area (Å²) in [6.07, 6.45) is -0.627. The molecule has 0 spiro atoms. The lowest BCUT2D eigenvalue weighted by atomic mass is 10.2. The normalized spacial score (nSPS) is 12.7. The van der Waals surface area contributed by atoms with Gasteiger partial charge in [-0.2, -0.15) is 0 Å². The van der Waals surface area contributed by atoms with Gasteiger partial charge in [-0.05, 0) is 42.8 Å². The number of hydrogen-bond acceptors (Lipinski definition) is 3. The molecule has 0 radical (unpaired) electrons. The minimum absolute atomic E-state index is 0.542. The lowest BCUT2D eigenvalue weighted by Crippen LogP contribution is -1.98. The molecule has 3 rings (SSSR count). The van der Waals surface area contributed by atoms with Crippen molar-refractivity contribution in [3.05, 3.63) is 64.9 Å². The van der Waals surface area contributed by atoms with Crippen LogP contribution in [0.4, 0.5) is 0 Å². The van der Waals surface area contributed by atoms with E-state index in [9.17, 15) is 5.11 Å².